The topological polar surface area (TPSA) is 64.6 Å². The number of hydrogen-bond donors (Lipinski definition) is 1. The van der Waals surface area contributed by atoms with Crippen molar-refractivity contribution in [2.75, 3.05) is 11.0 Å². The molecule has 100 valence electrons. The maximum Gasteiger partial charge on any atom is 0.408 e. The zero-order chi connectivity index (χ0) is 13.5. The van der Waals surface area contributed by atoms with Crippen LogP contribution in [0.5, 0.6) is 0 Å². The summed E-state index contributed by atoms with van der Waals surface area (Å²) in [6.07, 6.45) is -0.0704. The Hall–Kier alpha value is -0.530. The molecule has 0 bridgehead atoms. The number of nitrogens with one attached hydrogen (secondary N) is 1. The summed E-state index contributed by atoms with van der Waals surface area (Å²) in [5.41, 5.74) is -0.576. The van der Waals surface area contributed by atoms with E-state index in [1.165, 1.54) is 0 Å². The molecule has 0 saturated carbocycles. The Labute approximate surface area is 116 Å². The standard InChI is InChI=1S/C11H20INO4/c1-5-16-9(14)8(6-7-12)13-10(15)17-11(2,3)4/h8H,5-7H2,1-4H3,(H,13,15)/t8-/m0/s1. The van der Waals surface area contributed by atoms with E-state index in [0.717, 1.165) is 4.43 Å². The van der Waals surface area contributed by atoms with Gasteiger partial charge in [0.25, 0.3) is 0 Å². The molecule has 6 heteroatoms. The fourth-order valence-corrected chi connectivity index (χ4v) is 1.67. The number of amides is 1. The second-order valence-electron chi connectivity index (χ2n) is 4.43. The molecule has 0 aromatic carbocycles. The summed E-state index contributed by atoms with van der Waals surface area (Å²) < 4.78 is 10.7. The lowest BCUT2D eigenvalue weighted by Crippen LogP contribution is -2.44. The van der Waals surface area contributed by atoms with Crippen LogP contribution >= 0.6 is 22.6 Å². The summed E-state index contributed by atoms with van der Waals surface area (Å²) in [5, 5.41) is 2.52. The lowest BCUT2D eigenvalue weighted by Gasteiger charge is -2.22. The fourth-order valence-electron chi connectivity index (χ4n) is 1.05. The van der Waals surface area contributed by atoms with Crippen molar-refractivity contribution in [1.82, 2.24) is 5.32 Å². The third-order valence-corrected chi connectivity index (χ3v) is 2.28. The highest BCUT2D eigenvalue weighted by atomic mass is 127. The molecule has 0 rings (SSSR count). The first-order valence-electron chi connectivity index (χ1n) is 5.52. The zero-order valence-corrected chi connectivity index (χ0v) is 12.9. The number of carbonyl (C=O) groups excluding carboxylic acids is 2. The van der Waals surface area contributed by atoms with Gasteiger partial charge >= 0.3 is 12.1 Å². The van der Waals surface area contributed by atoms with Crippen LogP contribution in [0.4, 0.5) is 4.79 Å². The predicted molar refractivity (Wildman–Crippen MR) is 73.3 cm³/mol. The number of esters is 1. The van der Waals surface area contributed by atoms with E-state index in [1.807, 2.05) is 0 Å². The van der Waals surface area contributed by atoms with Gasteiger partial charge in [-0.1, -0.05) is 22.6 Å². The summed E-state index contributed by atoms with van der Waals surface area (Å²) in [6.45, 7) is 7.33. The molecule has 0 saturated heterocycles. The molecule has 0 fully saturated rings. The Bertz CT molecular complexity index is 263. The largest absolute Gasteiger partial charge is 0.464 e. The molecule has 0 unspecified atom stereocenters. The van der Waals surface area contributed by atoms with Gasteiger partial charge in [-0.25, -0.2) is 9.59 Å². The van der Waals surface area contributed by atoms with Crippen molar-refractivity contribution in [2.45, 2.75) is 45.8 Å². The minimum absolute atomic E-state index is 0.298. The van der Waals surface area contributed by atoms with Gasteiger partial charge in [-0.3, -0.25) is 0 Å². The van der Waals surface area contributed by atoms with Gasteiger partial charge in [0, 0.05) is 4.43 Å². The SMILES string of the molecule is CCOC(=O)[C@H](CCI)NC(=O)OC(C)(C)C. The first-order chi connectivity index (χ1) is 7.80. The highest BCUT2D eigenvalue weighted by Crippen LogP contribution is 2.08. The summed E-state index contributed by atoms with van der Waals surface area (Å²) in [4.78, 5) is 23.0. The van der Waals surface area contributed by atoms with E-state index in [2.05, 4.69) is 27.9 Å². The second kappa shape index (κ2) is 7.73. The van der Waals surface area contributed by atoms with Gasteiger partial charge in [0.1, 0.15) is 11.6 Å². The highest BCUT2D eigenvalue weighted by molar-refractivity contribution is 14.1. The van der Waals surface area contributed by atoms with Crippen LogP contribution in [-0.4, -0.2) is 34.7 Å². The quantitative estimate of drug-likeness (QED) is 0.466. The number of halogens is 1. The van der Waals surface area contributed by atoms with E-state index in [4.69, 9.17) is 9.47 Å². The molecule has 0 aliphatic carbocycles. The molecule has 0 spiro atoms. The number of ether oxygens (including phenoxy) is 2. The Morgan fingerprint density at radius 2 is 1.94 bits per heavy atom. The van der Waals surface area contributed by atoms with Crippen molar-refractivity contribution in [3.05, 3.63) is 0 Å². The van der Waals surface area contributed by atoms with E-state index in [0.29, 0.717) is 13.0 Å². The smallest absolute Gasteiger partial charge is 0.408 e. The number of rotatable bonds is 5. The lowest BCUT2D eigenvalue weighted by atomic mass is 10.2. The average Bonchev–Trinajstić information content (AvgIpc) is 2.14. The molecule has 0 aliphatic rings. The summed E-state index contributed by atoms with van der Waals surface area (Å²) in [7, 11) is 0. The van der Waals surface area contributed by atoms with Crippen molar-refractivity contribution in [1.29, 1.82) is 0 Å². The third-order valence-electron chi connectivity index (χ3n) is 1.66. The van der Waals surface area contributed by atoms with Gasteiger partial charge in [0.15, 0.2) is 0 Å². The van der Waals surface area contributed by atoms with Crippen molar-refractivity contribution >= 4 is 34.7 Å². The number of hydrogen-bond acceptors (Lipinski definition) is 4. The molecule has 1 atom stereocenters. The highest BCUT2D eigenvalue weighted by Gasteiger charge is 2.24. The average molecular weight is 357 g/mol. The van der Waals surface area contributed by atoms with Crippen LogP contribution in [0.2, 0.25) is 0 Å². The Balaban J connectivity index is 4.34. The van der Waals surface area contributed by atoms with Gasteiger partial charge in [-0.2, -0.15) is 0 Å². The van der Waals surface area contributed by atoms with Crippen molar-refractivity contribution in [3.63, 3.8) is 0 Å². The van der Waals surface area contributed by atoms with Crippen LogP contribution in [0.3, 0.4) is 0 Å². The van der Waals surface area contributed by atoms with Crippen molar-refractivity contribution in [2.24, 2.45) is 0 Å². The van der Waals surface area contributed by atoms with Crippen LogP contribution < -0.4 is 5.32 Å². The maximum absolute atomic E-state index is 11.5. The summed E-state index contributed by atoms with van der Waals surface area (Å²) >= 11 is 2.14. The zero-order valence-electron chi connectivity index (χ0n) is 10.7. The fraction of sp³-hybridized carbons (Fsp3) is 0.818. The van der Waals surface area contributed by atoms with Gasteiger partial charge in [-0.05, 0) is 34.1 Å². The number of carbonyl (C=O) groups is 2. The molecule has 5 nitrogen and oxygen atoms in total. The van der Waals surface area contributed by atoms with Crippen LogP contribution in [0.1, 0.15) is 34.1 Å². The monoisotopic (exact) mass is 357 g/mol. The first kappa shape index (κ1) is 16.5. The van der Waals surface area contributed by atoms with Gasteiger partial charge in [0.2, 0.25) is 0 Å². The minimum atomic E-state index is -0.637. The van der Waals surface area contributed by atoms with Gasteiger partial charge in [-0.15, -0.1) is 0 Å². The van der Waals surface area contributed by atoms with E-state index < -0.39 is 23.7 Å². The number of alkyl halides is 1. The molecule has 1 N–H and O–H groups in total. The predicted octanol–water partition coefficient (Wildman–Crippen LogP) is 2.27. The number of alkyl carbamates (subject to hydrolysis) is 1. The van der Waals surface area contributed by atoms with Crippen LogP contribution in [0.15, 0.2) is 0 Å². The molecular weight excluding hydrogens is 337 g/mol. The normalized spacial score (nSPS) is 12.8. The van der Waals surface area contributed by atoms with E-state index >= 15 is 0 Å². The lowest BCUT2D eigenvalue weighted by molar-refractivity contribution is -0.145. The molecular formula is C11H20INO4. The van der Waals surface area contributed by atoms with E-state index in [9.17, 15) is 9.59 Å². The van der Waals surface area contributed by atoms with Crippen LogP contribution in [0.25, 0.3) is 0 Å². The maximum atomic E-state index is 11.5. The van der Waals surface area contributed by atoms with Gasteiger partial charge < -0.3 is 14.8 Å². The second-order valence-corrected chi connectivity index (χ2v) is 5.51. The molecule has 1 amide bonds. The Kier molecular flexibility index (Phi) is 7.49. The Morgan fingerprint density at radius 3 is 2.35 bits per heavy atom. The van der Waals surface area contributed by atoms with Crippen molar-refractivity contribution in [3.8, 4) is 0 Å². The van der Waals surface area contributed by atoms with E-state index in [1.54, 1.807) is 27.7 Å². The van der Waals surface area contributed by atoms with Crippen molar-refractivity contribution < 1.29 is 19.1 Å². The molecule has 0 aromatic heterocycles. The van der Waals surface area contributed by atoms with Crippen LogP contribution in [0, 0.1) is 0 Å². The molecule has 0 aliphatic heterocycles. The minimum Gasteiger partial charge on any atom is -0.464 e. The molecule has 0 heterocycles. The molecule has 17 heavy (non-hydrogen) atoms. The molecule has 0 aromatic rings. The third kappa shape index (κ3) is 8.23. The summed E-state index contributed by atoms with van der Waals surface area (Å²) in [6, 6.07) is -0.637. The Morgan fingerprint density at radius 1 is 1.35 bits per heavy atom. The summed E-state index contributed by atoms with van der Waals surface area (Å²) in [5.74, 6) is -0.421. The van der Waals surface area contributed by atoms with Gasteiger partial charge in [0.05, 0.1) is 6.61 Å². The first-order valence-corrected chi connectivity index (χ1v) is 7.04. The van der Waals surface area contributed by atoms with Crippen LogP contribution in [-0.2, 0) is 14.3 Å². The molecule has 0 radical (unpaired) electrons. The van der Waals surface area contributed by atoms with E-state index in [-0.39, 0.29) is 0 Å².